The normalized spacial score (nSPS) is 20.9. The van der Waals surface area contributed by atoms with Gasteiger partial charge in [0.25, 0.3) is 0 Å². The van der Waals surface area contributed by atoms with Gasteiger partial charge >= 0.3 is 11.9 Å². The third kappa shape index (κ3) is 3.56. The predicted octanol–water partition coefficient (Wildman–Crippen LogP) is 0.287. The van der Waals surface area contributed by atoms with E-state index in [9.17, 15) is 18.0 Å². The number of hydrogen-bond donors (Lipinski definition) is 0. The lowest BCUT2D eigenvalue weighted by Gasteiger charge is -2.18. The van der Waals surface area contributed by atoms with Gasteiger partial charge in [-0.05, 0) is 13.8 Å². The van der Waals surface area contributed by atoms with Crippen molar-refractivity contribution in [3.8, 4) is 0 Å². The molecule has 0 fully saturated rings. The Morgan fingerprint density at radius 1 is 1.22 bits per heavy atom. The van der Waals surface area contributed by atoms with Gasteiger partial charge in [0, 0.05) is 11.3 Å². The molecule has 0 saturated heterocycles. The fraction of sp³-hybridized carbons (Fsp3) is 0.636. The Morgan fingerprint density at radius 3 is 2.06 bits per heavy atom. The first-order chi connectivity index (χ1) is 8.41. The van der Waals surface area contributed by atoms with Crippen molar-refractivity contribution in [1.82, 2.24) is 0 Å². The molecule has 6 nitrogen and oxygen atoms in total. The number of hydrogen-bond acceptors (Lipinski definition) is 6. The van der Waals surface area contributed by atoms with Crippen LogP contribution >= 0.6 is 0 Å². The highest BCUT2D eigenvalue weighted by Crippen LogP contribution is 2.25. The molecule has 102 valence electrons. The molecule has 0 spiro atoms. The van der Waals surface area contributed by atoms with Gasteiger partial charge in [-0.15, -0.1) is 0 Å². The van der Waals surface area contributed by atoms with Gasteiger partial charge in [-0.3, -0.25) is 9.59 Å². The lowest BCUT2D eigenvalue weighted by atomic mass is 9.94. The van der Waals surface area contributed by atoms with E-state index in [0.29, 0.717) is 0 Å². The minimum atomic E-state index is -3.33. The van der Waals surface area contributed by atoms with Crippen LogP contribution in [0.5, 0.6) is 0 Å². The van der Waals surface area contributed by atoms with Crippen LogP contribution < -0.4 is 0 Å². The maximum atomic E-state index is 11.7. The quantitative estimate of drug-likeness (QED) is 0.530. The van der Waals surface area contributed by atoms with E-state index in [1.165, 1.54) is 6.08 Å². The molecule has 1 aliphatic heterocycles. The van der Waals surface area contributed by atoms with E-state index in [-0.39, 0.29) is 19.0 Å². The van der Waals surface area contributed by atoms with Gasteiger partial charge in [0.2, 0.25) is 0 Å². The van der Waals surface area contributed by atoms with Gasteiger partial charge in [0.05, 0.1) is 19.0 Å². The molecule has 7 heteroatoms. The van der Waals surface area contributed by atoms with Crippen LogP contribution in [0.3, 0.4) is 0 Å². The fourth-order valence-corrected chi connectivity index (χ4v) is 3.11. The largest absolute Gasteiger partial charge is 0.465 e. The molecule has 1 heterocycles. The van der Waals surface area contributed by atoms with Crippen LogP contribution in [0.1, 0.15) is 13.8 Å². The van der Waals surface area contributed by atoms with Gasteiger partial charge < -0.3 is 9.47 Å². The second kappa shape index (κ2) is 5.99. The Hall–Kier alpha value is -1.37. The average Bonchev–Trinajstić information content (AvgIpc) is 2.59. The van der Waals surface area contributed by atoms with Crippen molar-refractivity contribution in [2.24, 2.45) is 11.8 Å². The molecular formula is C11H16O6S. The molecule has 0 aromatic heterocycles. The van der Waals surface area contributed by atoms with E-state index < -0.39 is 33.6 Å². The van der Waals surface area contributed by atoms with Crippen LogP contribution in [0.15, 0.2) is 11.5 Å². The third-order valence-corrected chi connectivity index (χ3v) is 3.89. The van der Waals surface area contributed by atoms with E-state index in [0.717, 1.165) is 5.41 Å². The molecule has 1 rings (SSSR count). The minimum Gasteiger partial charge on any atom is -0.465 e. The summed E-state index contributed by atoms with van der Waals surface area (Å²) in [7, 11) is -3.33. The van der Waals surface area contributed by atoms with Crippen LogP contribution in [0, 0.1) is 11.8 Å². The second-order valence-electron chi connectivity index (χ2n) is 3.80. The summed E-state index contributed by atoms with van der Waals surface area (Å²) in [4.78, 5) is 23.4. The Balaban J connectivity index is 2.88. The van der Waals surface area contributed by atoms with E-state index in [1.54, 1.807) is 13.8 Å². The number of allylic oxidation sites excluding steroid dienone is 1. The Bertz CT molecular complexity index is 432. The average molecular weight is 276 g/mol. The molecule has 0 saturated carbocycles. The van der Waals surface area contributed by atoms with Crippen molar-refractivity contribution in [3.63, 3.8) is 0 Å². The van der Waals surface area contributed by atoms with Gasteiger partial charge in [0.1, 0.15) is 0 Å². The molecule has 0 amide bonds. The van der Waals surface area contributed by atoms with Gasteiger partial charge in [-0.25, -0.2) is 8.42 Å². The SMILES string of the molecule is CCOC(=O)C(C(=O)OCC)[C@H]1C=CS(=O)(=O)C1. The molecule has 0 aliphatic carbocycles. The zero-order valence-corrected chi connectivity index (χ0v) is 11.1. The van der Waals surface area contributed by atoms with Crippen LogP contribution in [-0.4, -0.2) is 39.3 Å². The van der Waals surface area contributed by atoms with Crippen LogP contribution in [0.2, 0.25) is 0 Å². The van der Waals surface area contributed by atoms with Crippen molar-refractivity contribution in [2.45, 2.75) is 13.8 Å². The number of esters is 2. The van der Waals surface area contributed by atoms with Crippen molar-refractivity contribution in [3.05, 3.63) is 11.5 Å². The summed E-state index contributed by atoms with van der Waals surface area (Å²) in [5.74, 6) is -3.69. The van der Waals surface area contributed by atoms with E-state index >= 15 is 0 Å². The summed E-state index contributed by atoms with van der Waals surface area (Å²) in [6.45, 7) is 3.47. The number of carbonyl (C=O) groups excluding carboxylic acids is 2. The minimum absolute atomic E-state index is 0.123. The fourth-order valence-electron chi connectivity index (χ4n) is 1.72. The van der Waals surface area contributed by atoms with Crippen molar-refractivity contribution in [2.75, 3.05) is 19.0 Å². The highest BCUT2D eigenvalue weighted by Gasteiger charge is 2.40. The summed E-state index contributed by atoms with van der Waals surface area (Å²) in [6, 6.07) is 0. The molecule has 18 heavy (non-hydrogen) atoms. The number of rotatable bonds is 5. The van der Waals surface area contributed by atoms with Gasteiger partial charge in [-0.1, -0.05) is 6.08 Å². The molecule has 0 radical (unpaired) electrons. The molecule has 0 unspecified atom stereocenters. The van der Waals surface area contributed by atoms with Crippen LogP contribution in [-0.2, 0) is 28.9 Å². The van der Waals surface area contributed by atoms with E-state index in [4.69, 9.17) is 9.47 Å². The number of sulfone groups is 1. The Labute approximate surface area is 106 Å². The van der Waals surface area contributed by atoms with E-state index in [2.05, 4.69) is 0 Å². The summed E-state index contributed by atoms with van der Waals surface area (Å²) in [6.07, 6.45) is 1.34. The van der Waals surface area contributed by atoms with Gasteiger partial charge in [0.15, 0.2) is 15.8 Å². The predicted molar refractivity (Wildman–Crippen MR) is 63.2 cm³/mol. The monoisotopic (exact) mass is 276 g/mol. The number of ether oxygens (including phenoxy) is 2. The smallest absolute Gasteiger partial charge is 0.320 e. The first-order valence-corrected chi connectivity index (χ1v) is 7.37. The standard InChI is InChI=1S/C11H16O6S/c1-3-16-10(12)9(11(13)17-4-2)8-5-6-18(14,15)7-8/h5-6,8-9H,3-4,7H2,1-2H3/t8-/m0/s1. The molecule has 0 N–H and O–H groups in total. The summed E-state index contributed by atoms with van der Waals surface area (Å²) in [5.41, 5.74) is 0. The molecule has 0 bridgehead atoms. The van der Waals surface area contributed by atoms with Gasteiger partial charge in [-0.2, -0.15) is 0 Å². The summed E-state index contributed by atoms with van der Waals surface area (Å²) in [5, 5.41) is 1.02. The van der Waals surface area contributed by atoms with E-state index in [1.807, 2.05) is 0 Å². The zero-order chi connectivity index (χ0) is 13.8. The molecule has 1 atom stereocenters. The van der Waals surface area contributed by atoms with Crippen molar-refractivity contribution < 1.29 is 27.5 Å². The summed E-state index contributed by atoms with van der Waals surface area (Å²) < 4.78 is 32.2. The molecule has 1 aliphatic rings. The third-order valence-electron chi connectivity index (χ3n) is 2.47. The van der Waals surface area contributed by atoms with Crippen molar-refractivity contribution >= 4 is 21.8 Å². The second-order valence-corrected chi connectivity index (χ2v) is 5.73. The van der Waals surface area contributed by atoms with Crippen molar-refractivity contribution in [1.29, 1.82) is 0 Å². The molecular weight excluding hydrogens is 260 g/mol. The zero-order valence-electron chi connectivity index (χ0n) is 10.3. The number of carbonyl (C=O) groups is 2. The lowest BCUT2D eigenvalue weighted by molar-refractivity contribution is -0.163. The molecule has 0 aromatic rings. The topological polar surface area (TPSA) is 86.7 Å². The Kier molecular flexibility index (Phi) is 4.89. The first-order valence-electron chi connectivity index (χ1n) is 5.65. The highest BCUT2D eigenvalue weighted by atomic mass is 32.2. The van der Waals surface area contributed by atoms with Crippen LogP contribution in [0.4, 0.5) is 0 Å². The van der Waals surface area contributed by atoms with Crippen LogP contribution in [0.25, 0.3) is 0 Å². The maximum absolute atomic E-state index is 11.7. The Morgan fingerprint density at radius 2 is 1.72 bits per heavy atom. The first kappa shape index (κ1) is 14.7. The molecule has 0 aromatic carbocycles. The maximum Gasteiger partial charge on any atom is 0.320 e. The highest BCUT2D eigenvalue weighted by molar-refractivity contribution is 7.94. The lowest BCUT2D eigenvalue weighted by Crippen LogP contribution is -2.35. The summed E-state index contributed by atoms with van der Waals surface area (Å²) >= 11 is 0.